The summed E-state index contributed by atoms with van der Waals surface area (Å²) in [6.07, 6.45) is 2.22. The third kappa shape index (κ3) is 12.4. The summed E-state index contributed by atoms with van der Waals surface area (Å²) in [5, 5.41) is 19.7. The summed E-state index contributed by atoms with van der Waals surface area (Å²) in [7, 11) is 0. The summed E-state index contributed by atoms with van der Waals surface area (Å²) in [6.45, 7) is 5.38. The third-order valence-electron chi connectivity index (χ3n) is 10.3. The Bertz CT molecular complexity index is 1850. The quantitative estimate of drug-likeness (QED) is 0.102. The maximum absolute atomic E-state index is 14.7. The molecule has 2 fully saturated rings. The van der Waals surface area contributed by atoms with Crippen molar-refractivity contribution in [2.45, 2.75) is 109 Å². The Balaban J connectivity index is 1.56. The number of carbonyl (C=O) groups is 9. The predicted molar refractivity (Wildman–Crippen MR) is 212 cm³/mol. The van der Waals surface area contributed by atoms with Gasteiger partial charge in [0.1, 0.15) is 24.7 Å². The van der Waals surface area contributed by atoms with Gasteiger partial charge < -0.3 is 36.0 Å². The molecule has 1 heterocycles. The second-order valence-electron chi connectivity index (χ2n) is 15.2. The molecular weight excluding hydrogens is 764 g/mol. The van der Waals surface area contributed by atoms with Crippen LogP contribution in [0, 0.1) is 11.8 Å². The lowest BCUT2D eigenvalue weighted by atomic mass is 9.83. The molecule has 0 aromatic heterocycles. The number of imide groups is 1. The molecule has 0 bridgehead atoms. The Kier molecular flexibility index (Phi) is 16.7. The van der Waals surface area contributed by atoms with Crippen LogP contribution in [-0.2, 0) is 49.6 Å². The zero-order valence-corrected chi connectivity index (χ0v) is 33.8. The summed E-state index contributed by atoms with van der Waals surface area (Å²) >= 11 is 0. The van der Waals surface area contributed by atoms with Gasteiger partial charge in [0.2, 0.25) is 29.6 Å². The summed E-state index contributed by atoms with van der Waals surface area (Å²) in [5.74, 6) is -8.47. The van der Waals surface area contributed by atoms with E-state index in [4.69, 9.17) is 4.74 Å². The van der Waals surface area contributed by atoms with Gasteiger partial charge in [-0.05, 0) is 36.7 Å². The van der Waals surface area contributed by atoms with Gasteiger partial charge >= 0.3 is 18.0 Å². The van der Waals surface area contributed by atoms with Gasteiger partial charge in [0, 0.05) is 19.0 Å². The molecule has 4 rings (SSSR count). The first-order chi connectivity index (χ1) is 28.1. The zero-order chi connectivity index (χ0) is 43.2. The van der Waals surface area contributed by atoms with Crippen LogP contribution in [0.4, 0.5) is 4.79 Å². The van der Waals surface area contributed by atoms with Crippen molar-refractivity contribution in [3.05, 3.63) is 71.8 Å². The summed E-state index contributed by atoms with van der Waals surface area (Å²) in [6, 6.07) is 10.7. The van der Waals surface area contributed by atoms with Crippen LogP contribution in [0.2, 0.25) is 0 Å². The molecule has 2 aliphatic rings. The molecule has 59 heavy (non-hydrogen) atoms. The SMILES string of the molecule is CCCC(NC(=O)C1CN(Cc2ccccc2)C(=O)N1C(=O)C(NC(=O)C(NC(C)=O)C(C)C)C1CCCCC1)C(=O)C(=O)NCC(=O)O[C@H](C(=O)O)c1ccccc1. The smallest absolute Gasteiger partial charge is 0.349 e. The number of amides is 7. The zero-order valence-electron chi connectivity index (χ0n) is 33.8. The monoisotopic (exact) mass is 818 g/mol. The van der Waals surface area contributed by atoms with Gasteiger partial charge in [-0.1, -0.05) is 107 Å². The lowest BCUT2D eigenvalue weighted by Crippen LogP contribution is -2.61. The number of Topliss-reactive ketones (excluding diaryl/α,β-unsaturated/α-hetero) is 1. The molecule has 1 aliphatic carbocycles. The van der Waals surface area contributed by atoms with Gasteiger partial charge in [-0.15, -0.1) is 0 Å². The van der Waals surface area contributed by atoms with Crippen LogP contribution in [0.3, 0.4) is 0 Å². The molecule has 2 aromatic rings. The van der Waals surface area contributed by atoms with E-state index in [1.807, 2.05) is 0 Å². The average molecular weight is 819 g/mol. The van der Waals surface area contributed by atoms with E-state index in [-0.39, 0.29) is 36.9 Å². The van der Waals surface area contributed by atoms with Gasteiger partial charge in [-0.3, -0.25) is 33.6 Å². The Morgan fingerprint density at radius 1 is 0.864 bits per heavy atom. The van der Waals surface area contributed by atoms with Gasteiger partial charge in [0.15, 0.2) is 0 Å². The van der Waals surface area contributed by atoms with Crippen molar-refractivity contribution >= 4 is 53.3 Å². The number of carboxylic acids is 1. The predicted octanol–water partition coefficient (Wildman–Crippen LogP) is 2.38. The minimum atomic E-state index is -1.66. The molecule has 2 aromatic carbocycles. The van der Waals surface area contributed by atoms with Crippen LogP contribution in [0.5, 0.6) is 0 Å². The van der Waals surface area contributed by atoms with Gasteiger partial charge in [0.05, 0.1) is 12.6 Å². The molecule has 4 unspecified atom stereocenters. The Morgan fingerprint density at radius 2 is 1.49 bits per heavy atom. The molecule has 7 amide bonds. The Labute approximate surface area is 343 Å². The molecule has 17 heteroatoms. The second-order valence-corrected chi connectivity index (χ2v) is 15.2. The summed E-state index contributed by atoms with van der Waals surface area (Å²) < 4.78 is 5.04. The molecule has 318 valence electrons. The van der Waals surface area contributed by atoms with E-state index in [9.17, 15) is 48.3 Å². The van der Waals surface area contributed by atoms with Crippen molar-refractivity contribution in [1.29, 1.82) is 0 Å². The van der Waals surface area contributed by atoms with Crippen molar-refractivity contribution in [3.8, 4) is 0 Å². The number of nitrogens with zero attached hydrogens (tertiary/aromatic N) is 2. The highest BCUT2D eigenvalue weighted by Crippen LogP contribution is 2.30. The number of carbonyl (C=O) groups excluding carboxylic acids is 8. The van der Waals surface area contributed by atoms with E-state index in [1.54, 1.807) is 69.3 Å². The molecule has 5 N–H and O–H groups in total. The fraction of sp³-hybridized carbons (Fsp3) is 0.500. The number of ketones is 1. The third-order valence-corrected chi connectivity index (χ3v) is 10.3. The number of urea groups is 1. The van der Waals surface area contributed by atoms with Crippen molar-refractivity contribution < 1.29 is 53.0 Å². The fourth-order valence-corrected chi connectivity index (χ4v) is 7.32. The summed E-state index contributed by atoms with van der Waals surface area (Å²) in [5.41, 5.74) is 0.896. The molecule has 0 spiro atoms. The molecule has 1 saturated heterocycles. The average Bonchev–Trinajstić information content (AvgIpc) is 3.54. The number of esters is 1. The molecule has 5 atom stereocenters. The standard InChI is InChI=1S/C42H54N6O11/c1-5-15-30(35(51)39(54)43-22-32(50)59-36(41(56)57)29-20-13-8-14-21-29)45-37(52)31-24-47(23-27-16-9-6-10-17-27)42(58)48(31)40(55)34(28-18-11-7-12-19-28)46-38(53)33(25(2)3)44-26(4)49/h6,8-10,13-14,16-17,20-21,25,28,30-31,33-34,36H,5,7,11-12,15,18-19,22-24H2,1-4H3,(H,43,54)(H,44,49)(H,45,52)(H,46,53)(H,56,57)/t30?,31?,33?,34?,36-/m0/s1. The van der Waals surface area contributed by atoms with Crippen molar-refractivity contribution in [2.24, 2.45) is 11.8 Å². The largest absolute Gasteiger partial charge is 0.478 e. The van der Waals surface area contributed by atoms with Crippen LogP contribution in [0.25, 0.3) is 0 Å². The number of carboxylic acid groups (broad SMARTS) is 1. The van der Waals surface area contributed by atoms with Crippen LogP contribution in [0.1, 0.15) is 89.9 Å². The molecule has 1 saturated carbocycles. The second kappa shape index (κ2) is 21.6. The van der Waals surface area contributed by atoms with E-state index >= 15 is 0 Å². The first-order valence-corrected chi connectivity index (χ1v) is 20.0. The highest BCUT2D eigenvalue weighted by atomic mass is 16.6. The minimum absolute atomic E-state index is 0.0274. The normalized spacial score (nSPS) is 17.6. The van der Waals surface area contributed by atoms with Crippen LogP contribution < -0.4 is 21.3 Å². The number of rotatable bonds is 19. The van der Waals surface area contributed by atoms with Crippen molar-refractivity contribution in [3.63, 3.8) is 0 Å². The van der Waals surface area contributed by atoms with E-state index < -0.39 is 90.1 Å². The van der Waals surface area contributed by atoms with E-state index in [0.717, 1.165) is 24.2 Å². The number of nitrogens with one attached hydrogen (secondary N) is 4. The van der Waals surface area contributed by atoms with Crippen LogP contribution >= 0.6 is 0 Å². The maximum Gasteiger partial charge on any atom is 0.349 e. The minimum Gasteiger partial charge on any atom is -0.478 e. The summed E-state index contributed by atoms with van der Waals surface area (Å²) in [4.78, 5) is 122. The molecule has 0 radical (unpaired) electrons. The highest BCUT2D eigenvalue weighted by Gasteiger charge is 2.49. The van der Waals surface area contributed by atoms with Crippen molar-refractivity contribution in [2.75, 3.05) is 13.1 Å². The lowest BCUT2D eigenvalue weighted by molar-refractivity contribution is -0.164. The number of aliphatic carboxylic acids is 1. The highest BCUT2D eigenvalue weighted by molar-refractivity contribution is 6.38. The first kappa shape index (κ1) is 45.6. The Morgan fingerprint density at radius 3 is 2.07 bits per heavy atom. The maximum atomic E-state index is 14.7. The van der Waals surface area contributed by atoms with Crippen molar-refractivity contribution in [1.82, 2.24) is 31.1 Å². The van der Waals surface area contributed by atoms with Gasteiger partial charge in [-0.2, -0.15) is 0 Å². The number of hydrogen-bond acceptors (Lipinski definition) is 10. The number of hydrogen-bond donors (Lipinski definition) is 5. The topological polar surface area (TPSA) is 238 Å². The van der Waals surface area contributed by atoms with E-state index in [0.29, 0.717) is 24.8 Å². The van der Waals surface area contributed by atoms with Crippen LogP contribution in [-0.4, -0.2) is 105 Å². The first-order valence-electron chi connectivity index (χ1n) is 20.0. The van der Waals surface area contributed by atoms with E-state index in [2.05, 4.69) is 21.3 Å². The number of benzene rings is 2. The van der Waals surface area contributed by atoms with E-state index in [1.165, 1.54) is 24.0 Å². The molecule has 1 aliphatic heterocycles. The molecular formula is C42H54N6O11. The van der Waals surface area contributed by atoms with Gasteiger partial charge in [0.25, 0.3) is 11.8 Å². The number of ether oxygens (including phenoxy) is 1. The fourth-order valence-electron chi connectivity index (χ4n) is 7.32. The Hall–Kier alpha value is -6.13. The lowest BCUT2D eigenvalue weighted by Gasteiger charge is -2.34. The van der Waals surface area contributed by atoms with Crippen LogP contribution in [0.15, 0.2) is 60.7 Å². The molecule has 17 nitrogen and oxygen atoms in total. The van der Waals surface area contributed by atoms with Gasteiger partial charge in [-0.25, -0.2) is 14.5 Å².